The van der Waals surface area contributed by atoms with Gasteiger partial charge in [0.2, 0.25) is 0 Å². The average Bonchev–Trinajstić information content (AvgIpc) is 1.62. The molecule has 14 N–H and O–H groups in total. The van der Waals surface area contributed by atoms with Crippen LogP contribution in [0, 0.1) is 0 Å². The van der Waals surface area contributed by atoms with Crippen molar-refractivity contribution in [1.82, 2.24) is 76.4 Å². The molecule has 1 radical (unpaired) electrons. The highest BCUT2D eigenvalue weighted by atomic mass is 79.9. The van der Waals surface area contributed by atoms with Crippen molar-refractivity contribution < 1.29 is 57.0 Å². The molecule has 0 aromatic carbocycles. The van der Waals surface area contributed by atoms with Crippen LogP contribution in [0.5, 0.6) is 0 Å². The van der Waals surface area contributed by atoms with Crippen LogP contribution in [-0.4, -0.2) is 156 Å². The molecule has 48 heteroatoms. The Balaban J connectivity index is 0.000000199. The number of aliphatic hydroxyl groups is 1. The number of carbonyl (C=O) groups is 3. The van der Waals surface area contributed by atoms with Gasteiger partial charge in [-0.15, -0.1) is 81.5 Å². The summed E-state index contributed by atoms with van der Waals surface area (Å²) in [7, 11) is 0.644. The van der Waals surface area contributed by atoms with E-state index in [0.717, 1.165) is 64.5 Å². The summed E-state index contributed by atoms with van der Waals surface area (Å²) in [6.45, 7) is 42.2. The van der Waals surface area contributed by atoms with Gasteiger partial charge < -0.3 is 86.0 Å². The number of carbonyl (C=O) groups excluding carboxylic acids is 3. The number of ether oxygens (including phenoxy) is 3. The Morgan fingerprint density at radius 2 is 0.801 bits per heavy atom. The lowest BCUT2D eigenvalue weighted by Crippen LogP contribution is -2.50. The highest BCUT2D eigenvalue weighted by molar-refractivity contribution is 9.11. The standard InChI is InChI=1S/C20H23ClN6O2S.C16H26BNO4S.C15H15ClN6S.C12H25B2O4.C10H9BrClN5.C10H14BrNO2S.C5H6BrNS.2ClH/c1-20(2,3)29-19(28)23-9-12-6-7-15(30-12)18-22-10-13(21)17(25-18)24-16-8-14(26-27-16)11-4-5-11;1-14(2,3)20-13(19)18-10-11-8-9-12(23-11)17-21-15(4,5)16(6,7)22-17;16-10-7-18-15(12-4-3-9(6-17)23-12)20-14(10)19-13-5-11(21-22-13)8-1-2-8;1-9(2,15)10(3,4)16-13-14-17-11(5,6)12(7,8)18-14;11-10-13-4-6(12)9(15-10)14-8-3-7(16-17-8)5-1-2-5;1-10(2,3)14-9(13)12-6-7-4-5-8(11)15-7;6-5-2-1-4(3-7)8-5;;/h6-8,10-11H,4-5,9H2,1-3H3,(H,23,28)(H2,22,24,25,26,27);8-9H,10H2,1-7H3,(H,18,19);3-5,7-8H,1-2,6,17H2,(H2,18,19,20,21,22);15H,1-8H3;3-5H,1-2H2,(H2,13,14,15,16,17);4-5H,6H2,1-3H3,(H,12,13);1-2H,3,7H2;2*1H. The number of hydrogen-bond donors (Lipinski definition) is 12. The summed E-state index contributed by atoms with van der Waals surface area (Å²) in [6, 6.07) is 25.7. The molecule has 5 aliphatic rings. The lowest BCUT2D eigenvalue weighted by atomic mass is 9.55. The molecular formula is C88H120B3Br3Cl5N20O12S5. The number of rotatable bonds is 24. The topological polar surface area (TPSA) is 433 Å². The van der Waals surface area contributed by atoms with E-state index in [9.17, 15) is 19.5 Å². The van der Waals surface area contributed by atoms with Crippen molar-refractivity contribution in [3.05, 3.63) is 166 Å². The predicted molar refractivity (Wildman–Crippen MR) is 564 cm³/mol. The van der Waals surface area contributed by atoms with E-state index in [4.69, 9.17) is 83.8 Å². The number of hydrogen-bond acceptors (Lipinski definition) is 31. The zero-order valence-corrected chi connectivity index (χ0v) is 92.5. The van der Waals surface area contributed by atoms with Crippen LogP contribution in [0.2, 0.25) is 15.1 Å². The largest absolute Gasteiger partial charge is 0.505 e. The zero-order chi connectivity index (χ0) is 98.3. The molecule has 2 aliphatic heterocycles. The molecule has 11 aromatic heterocycles. The van der Waals surface area contributed by atoms with Gasteiger partial charge in [0.25, 0.3) is 0 Å². The molecule has 136 heavy (non-hydrogen) atoms. The minimum absolute atomic E-state index is 0. The molecular weight excluding hydrogens is 2140 g/mol. The first-order valence-electron chi connectivity index (χ1n) is 43.3. The smallest absolute Gasteiger partial charge is 0.444 e. The fourth-order valence-corrected chi connectivity index (χ4v) is 17.5. The van der Waals surface area contributed by atoms with Gasteiger partial charge in [-0.3, -0.25) is 15.3 Å². The maximum Gasteiger partial charge on any atom is 0.505 e. The molecule has 13 heterocycles. The molecule has 3 saturated carbocycles. The summed E-state index contributed by atoms with van der Waals surface area (Å²) in [5.41, 5.74) is 9.87. The molecule has 2 saturated heterocycles. The van der Waals surface area contributed by atoms with Crippen molar-refractivity contribution in [2.45, 2.75) is 285 Å². The fourth-order valence-electron chi connectivity index (χ4n) is 11.4. The number of aromatic nitrogens is 12. The third-order valence-corrected chi connectivity index (χ3v) is 28.8. The molecule has 5 fully saturated rings. The number of nitrogens with one attached hydrogen (secondary N) is 9. The Hall–Kier alpha value is -6.66. The van der Waals surface area contributed by atoms with E-state index in [0.29, 0.717) is 111 Å². The maximum atomic E-state index is 11.8. The van der Waals surface area contributed by atoms with Gasteiger partial charge in [-0.2, -0.15) is 15.3 Å². The number of halogens is 8. The first-order valence-corrected chi connectivity index (χ1v) is 50.9. The summed E-state index contributed by atoms with van der Waals surface area (Å²) >= 11 is 36.3. The maximum absolute atomic E-state index is 11.8. The number of alkyl carbamates (subject to hydrolysis) is 3. The lowest BCUT2D eigenvalue weighted by Gasteiger charge is -2.37. The lowest BCUT2D eigenvalue weighted by molar-refractivity contribution is -0.0894. The van der Waals surface area contributed by atoms with Crippen molar-refractivity contribution >= 4 is 244 Å². The van der Waals surface area contributed by atoms with Crippen LogP contribution in [0.1, 0.15) is 243 Å². The molecule has 0 unspecified atom stereocenters. The van der Waals surface area contributed by atoms with Gasteiger partial charge in [-0.05, 0) is 286 Å². The van der Waals surface area contributed by atoms with Gasteiger partial charge in [0.1, 0.15) is 31.9 Å². The van der Waals surface area contributed by atoms with Crippen LogP contribution in [-0.2, 0) is 70.2 Å². The third kappa shape index (κ3) is 36.4. The van der Waals surface area contributed by atoms with Gasteiger partial charge in [0, 0.05) is 95.3 Å². The fraction of sp³-hybridized carbons (Fsp3) is 0.500. The monoisotopic (exact) mass is 2250 g/mol. The van der Waals surface area contributed by atoms with E-state index >= 15 is 0 Å². The van der Waals surface area contributed by atoms with Gasteiger partial charge in [0.05, 0.1) is 89.2 Å². The van der Waals surface area contributed by atoms with Crippen LogP contribution in [0.15, 0.2) is 110 Å². The van der Waals surface area contributed by atoms with Gasteiger partial charge in [0.15, 0.2) is 51.3 Å². The SMILES string of the molecule is CC(C)(C)OC(=O)NCc1ccc(-c2ncc(Cl)c(Nc3cc(C4CC4)[nH]n3)n2)s1.CC(C)(C)OC(=O)NCc1ccc(B2OC(C)(C)C(C)(C)O2)s1.CC(C)(C)OC(=O)NCc1ccc(Br)s1.CC(C)(O)C(C)(C)O[B]B1OC(C)(C)C(C)(C)O1.Cl.Cl.Clc1cnc(Br)nc1Nc1cc(C2CC2)[nH]n1.NCc1ccc(-c2ncc(Cl)c(Nc3cc(C4CC4)[nH]n3)n2)s1.NCc1ccc(Br)s1. The van der Waals surface area contributed by atoms with Crippen LogP contribution in [0.25, 0.3) is 21.4 Å². The second-order valence-electron chi connectivity index (χ2n) is 37.7. The Morgan fingerprint density at radius 1 is 0.478 bits per heavy atom. The van der Waals surface area contributed by atoms with E-state index < -0.39 is 47.2 Å². The van der Waals surface area contributed by atoms with Crippen LogP contribution < -0.4 is 48.1 Å². The number of H-pyrrole nitrogens is 3. The minimum atomic E-state index is -0.951. The van der Waals surface area contributed by atoms with Crippen molar-refractivity contribution in [3.8, 4) is 21.4 Å². The number of aromatic amines is 3. The van der Waals surface area contributed by atoms with Crippen LogP contribution >= 0.6 is 164 Å². The number of amides is 3. The van der Waals surface area contributed by atoms with E-state index in [2.05, 4.69) is 140 Å². The van der Waals surface area contributed by atoms with E-state index in [1.54, 1.807) is 71.6 Å². The highest BCUT2D eigenvalue weighted by Crippen LogP contribution is 2.44. The number of nitrogens with two attached hydrogens (primary N) is 2. The molecule has 0 spiro atoms. The van der Waals surface area contributed by atoms with E-state index in [1.165, 1.54) is 68.3 Å². The molecule has 3 aliphatic carbocycles. The van der Waals surface area contributed by atoms with Crippen molar-refractivity contribution in [2.24, 2.45) is 11.5 Å². The molecule has 32 nitrogen and oxygen atoms in total. The summed E-state index contributed by atoms with van der Waals surface area (Å²) < 4.78 is 48.6. The molecule has 739 valence electrons. The predicted octanol–water partition coefficient (Wildman–Crippen LogP) is 23.3. The molecule has 11 aromatic rings. The first kappa shape index (κ1) is 115. The Bertz CT molecular complexity index is 5680. The minimum Gasteiger partial charge on any atom is -0.444 e. The highest BCUT2D eigenvalue weighted by Gasteiger charge is 2.54. The summed E-state index contributed by atoms with van der Waals surface area (Å²) in [5, 5.41) is 50.8. The van der Waals surface area contributed by atoms with Crippen molar-refractivity contribution in [3.63, 3.8) is 0 Å². The van der Waals surface area contributed by atoms with Gasteiger partial charge in [-0.25, -0.2) is 44.3 Å². The molecule has 0 bridgehead atoms. The summed E-state index contributed by atoms with van der Waals surface area (Å²) in [4.78, 5) is 67.8. The Kier molecular flexibility index (Phi) is 41.6. The normalized spacial score (nSPS) is 15.5. The van der Waals surface area contributed by atoms with Gasteiger partial charge >= 0.3 is 39.8 Å². The molecule has 16 rings (SSSR count). The molecule has 3 amide bonds. The molecule has 0 atom stereocenters. The van der Waals surface area contributed by atoms with Crippen LogP contribution in [0.3, 0.4) is 0 Å². The second-order valence-corrected chi connectivity index (χ2v) is 48.3. The summed E-state index contributed by atoms with van der Waals surface area (Å²) in [6.07, 6.45) is 10.8. The van der Waals surface area contributed by atoms with E-state index in [-0.39, 0.29) is 60.4 Å². The third-order valence-electron chi connectivity index (χ3n) is 21.0. The zero-order valence-electron chi connectivity index (χ0n) is 79.7. The Labute approximate surface area is 869 Å². The van der Waals surface area contributed by atoms with E-state index in [1.807, 2.05) is 210 Å². The summed E-state index contributed by atoms with van der Waals surface area (Å²) in [5.74, 6) is 6.73. The van der Waals surface area contributed by atoms with Crippen molar-refractivity contribution in [2.75, 3.05) is 16.0 Å². The second kappa shape index (κ2) is 49.4. The number of anilines is 6. The van der Waals surface area contributed by atoms with Crippen molar-refractivity contribution in [1.29, 1.82) is 0 Å². The number of thiophene rings is 5. The Morgan fingerprint density at radius 3 is 1.15 bits per heavy atom. The average molecular weight is 2260 g/mol. The van der Waals surface area contributed by atoms with Gasteiger partial charge in [-0.1, -0.05) is 40.9 Å². The quantitative estimate of drug-likeness (QED) is 0.0152. The first-order chi connectivity index (χ1) is 62.6. The van der Waals surface area contributed by atoms with Crippen LogP contribution in [0.4, 0.5) is 49.3 Å². The number of nitrogens with zero attached hydrogens (tertiary/aromatic N) is 9.